The highest BCUT2D eigenvalue weighted by Gasteiger charge is 2.50. The van der Waals surface area contributed by atoms with Crippen molar-refractivity contribution in [3.8, 4) is 33.8 Å². The first-order valence-electron chi connectivity index (χ1n) is 16.1. The summed E-state index contributed by atoms with van der Waals surface area (Å²) >= 11 is 0. The molecular weight excluding hydrogens is 572 g/mol. The number of pyridine rings is 1. The third-order valence-electron chi connectivity index (χ3n) is 10.4. The summed E-state index contributed by atoms with van der Waals surface area (Å²) in [6.45, 7) is 0. The number of rotatable bonds is 1. The number of hydrogen-bond donors (Lipinski definition) is 0. The summed E-state index contributed by atoms with van der Waals surface area (Å²) in [7, 11) is 0. The van der Waals surface area contributed by atoms with Crippen LogP contribution in [0.5, 0.6) is 11.5 Å². The van der Waals surface area contributed by atoms with Crippen LogP contribution in [0.2, 0.25) is 0 Å². The van der Waals surface area contributed by atoms with Crippen LogP contribution in [0, 0.1) is 0 Å². The number of fused-ring (bicyclic) bond motifs is 17. The van der Waals surface area contributed by atoms with Gasteiger partial charge in [0.15, 0.2) is 0 Å². The van der Waals surface area contributed by atoms with Gasteiger partial charge in [-0.15, -0.1) is 0 Å². The lowest BCUT2D eigenvalue weighted by Gasteiger charge is -2.39. The number of aromatic nitrogens is 2. The molecule has 1 spiro atoms. The molecular formula is C44H26N2O. The SMILES string of the molecule is c1ccc2c(c1)Oc1ccc(-c3ccc4c5ccccc5n5c6ccccc6nc5c4c3)cc1C21c2ccccc2-c2ccccc21. The lowest BCUT2D eigenvalue weighted by Crippen LogP contribution is -2.32. The molecule has 3 heteroatoms. The van der Waals surface area contributed by atoms with Gasteiger partial charge < -0.3 is 4.74 Å². The van der Waals surface area contributed by atoms with Crippen LogP contribution >= 0.6 is 0 Å². The highest BCUT2D eigenvalue weighted by Crippen LogP contribution is 2.62. The van der Waals surface area contributed by atoms with E-state index in [-0.39, 0.29) is 0 Å². The lowest BCUT2D eigenvalue weighted by molar-refractivity contribution is 0.436. The molecule has 0 atom stereocenters. The molecule has 47 heavy (non-hydrogen) atoms. The molecule has 2 aliphatic rings. The van der Waals surface area contributed by atoms with Gasteiger partial charge in [-0.1, -0.05) is 115 Å². The van der Waals surface area contributed by atoms with Crippen molar-refractivity contribution in [2.45, 2.75) is 5.41 Å². The molecule has 1 aliphatic carbocycles. The smallest absolute Gasteiger partial charge is 0.146 e. The maximum Gasteiger partial charge on any atom is 0.146 e. The zero-order valence-corrected chi connectivity index (χ0v) is 25.3. The Bertz CT molecular complexity index is 2740. The molecule has 3 nitrogen and oxygen atoms in total. The number of hydrogen-bond acceptors (Lipinski definition) is 2. The number of imidazole rings is 1. The number of ether oxygens (including phenoxy) is 1. The summed E-state index contributed by atoms with van der Waals surface area (Å²) < 4.78 is 9.00. The van der Waals surface area contributed by atoms with Crippen LogP contribution in [0.25, 0.3) is 60.6 Å². The van der Waals surface area contributed by atoms with Crippen LogP contribution in [-0.4, -0.2) is 9.38 Å². The molecule has 2 aromatic heterocycles. The number of benzene rings is 7. The summed E-state index contributed by atoms with van der Waals surface area (Å²) in [5.41, 5.74) is 13.6. The molecule has 0 radical (unpaired) electrons. The Hall–Kier alpha value is -6.19. The van der Waals surface area contributed by atoms with Crippen LogP contribution in [-0.2, 0) is 5.41 Å². The van der Waals surface area contributed by atoms with Crippen LogP contribution < -0.4 is 4.74 Å². The molecule has 0 fully saturated rings. The Morgan fingerprint density at radius 3 is 1.89 bits per heavy atom. The normalized spacial score (nSPS) is 13.9. The summed E-state index contributed by atoms with van der Waals surface area (Å²) in [4.78, 5) is 5.17. The summed E-state index contributed by atoms with van der Waals surface area (Å²) in [5, 5.41) is 3.57. The van der Waals surface area contributed by atoms with Crippen LogP contribution in [0.15, 0.2) is 158 Å². The van der Waals surface area contributed by atoms with Gasteiger partial charge in [-0.3, -0.25) is 4.40 Å². The Morgan fingerprint density at radius 2 is 1.06 bits per heavy atom. The summed E-state index contributed by atoms with van der Waals surface area (Å²) in [6, 6.07) is 57.0. The molecule has 9 aromatic rings. The fourth-order valence-electron chi connectivity index (χ4n) is 8.53. The van der Waals surface area contributed by atoms with Gasteiger partial charge in [0.1, 0.15) is 17.1 Å². The highest BCUT2D eigenvalue weighted by atomic mass is 16.5. The summed E-state index contributed by atoms with van der Waals surface area (Å²) in [6.07, 6.45) is 0. The second kappa shape index (κ2) is 8.96. The van der Waals surface area contributed by atoms with Crippen LogP contribution in [0.1, 0.15) is 22.3 Å². The van der Waals surface area contributed by atoms with Gasteiger partial charge in [0.25, 0.3) is 0 Å². The third kappa shape index (κ3) is 3.13. The average Bonchev–Trinajstić information content (AvgIpc) is 3.67. The minimum Gasteiger partial charge on any atom is -0.457 e. The molecule has 0 N–H and O–H groups in total. The maximum atomic E-state index is 6.68. The molecule has 0 saturated heterocycles. The third-order valence-corrected chi connectivity index (χ3v) is 10.4. The van der Waals surface area contributed by atoms with E-state index < -0.39 is 5.41 Å². The van der Waals surface area contributed by atoms with Crippen molar-refractivity contribution in [2.24, 2.45) is 0 Å². The molecule has 218 valence electrons. The second-order valence-electron chi connectivity index (χ2n) is 12.7. The van der Waals surface area contributed by atoms with Gasteiger partial charge in [0.2, 0.25) is 0 Å². The zero-order chi connectivity index (χ0) is 30.7. The number of nitrogens with zero attached hydrogens (tertiary/aromatic N) is 2. The van der Waals surface area contributed by atoms with Gasteiger partial charge >= 0.3 is 0 Å². The predicted molar refractivity (Wildman–Crippen MR) is 191 cm³/mol. The standard InChI is InChI=1S/C44H26N2O/c1-4-14-34-30(11-1)31-12-2-5-15-35(31)44(34)36-16-6-10-20-41(36)47-42-24-22-28(26-37(42)44)27-21-23-29-32-13-3-8-18-39(32)46-40-19-9-7-17-38(40)45-43(46)33(29)25-27/h1-26H. The zero-order valence-electron chi connectivity index (χ0n) is 25.3. The van der Waals surface area contributed by atoms with E-state index in [0.29, 0.717) is 0 Å². The topological polar surface area (TPSA) is 26.5 Å². The fourth-order valence-corrected chi connectivity index (χ4v) is 8.53. The van der Waals surface area contributed by atoms with Crippen LogP contribution in [0.3, 0.4) is 0 Å². The van der Waals surface area contributed by atoms with Gasteiger partial charge in [-0.2, -0.15) is 0 Å². The van der Waals surface area contributed by atoms with Crippen molar-refractivity contribution in [3.63, 3.8) is 0 Å². The van der Waals surface area contributed by atoms with Crippen molar-refractivity contribution < 1.29 is 4.74 Å². The largest absolute Gasteiger partial charge is 0.457 e. The Balaban J connectivity index is 1.21. The van der Waals surface area contributed by atoms with Crippen molar-refractivity contribution in [3.05, 3.63) is 180 Å². The van der Waals surface area contributed by atoms with E-state index >= 15 is 0 Å². The Labute approximate surface area is 271 Å². The van der Waals surface area contributed by atoms with E-state index in [0.717, 1.165) is 44.7 Å². The van der Waals surface area contributed by atoms with E-state index in [1.807, 2.05) is 0 Å². The minimum absolute atomic E-state index is 0.492. The van der Waals surface area contributed by atoms with E-state index in [1.165, 1.54) is 49.7 Å². The van der Waals surface area contributed by atoms with E-state index in [1.54, 1.807) is 0 Å². The lowest BCUT2D eigenvalue weighted by atomic mass is 9.66. The van der Waals surface area contributed by atoms with Crippen LogP contribution in [0.4, 0.5) is 0 Å². The summed E-state index contributed by atoms with van der Waals surface area (Å²) in [5.74, 6) is 1.80. The molecule has 0 saturated carbocycles. The minimum atomic E-state index is -0.492. The molecule has 0 bridgehead atoms. The van der Waals surface area contributed by atoms with Crippen molar-refractivity contribution in [2.75, 3.05) is 0 Å². The number of para-hydroxylation sites is 4. The van der Waals surface area contributed by atoms with E-state index in [4.69, 9.17) is 9.72 Å². The molecule has 7 aromatic carbocycles. The molecule has 11 rings (SSSR count). The first kappa shape index (κ1) is 25.1. The highest BCUT2D eigenvalue weighted by molar-refractivity contribution is 6.14. The quantitative estimate of drug-likeness (QED) is 0.176. The average molecular weight is 599 g/mol. The molecule has 0 amide bonds. The van der Waals surface area contributed by atoms with Crippen molar-refractivity contribution in [1.82, 2.24) is 9.38 Å². The van der Waals surface area contributed by atoms with Crippen molar-refractivity contribution in [1.29, 1.82) is 0 Å². The van der Waals surface area contributed by atoms with E-state index in [2.05, 4.69) is 162 Å². The van der Waals surface area contributed by atoms with Gasteiger partial charge in [0.05, 0.1) is 22.0 Å². The van der Waals surface area contributed by atoms with Crippen molar-refractivity contribution >= 4 is 38.4 Å². The molecule has 3 heterocycles. The fraction of sp³-hybridized carbons (Fsp3) is 0.0227. The molecule has 1 aliphatic heterocycles. The monoisotopic (exact) mass is 598 g/mol. The van der Waals surface area contributed by atoms with E-state index in [9.17, 15) is 0 Å². The van der Waals surface area contributed by atoms with Gasteiger partial charge in [0, 0.05) is 21.9 Å². The first-order valence-corrected chi connectivity index (χ1v) is 16.1. The Kier molecular flexibility index (Phi) is 4.78. The molecule has 0 unspecified atom stereocenters. The maximum absolute atomic E-state index is 6.68. The predicted octanol–water partition coefficient (Wildman–Crippen LogP) is 10.9. The second-order valence-corrected chi connectivity index (χ2v) is 12.7. The van der Waals surface area contributed by atoms with Gasteiger partial charge in [-0.05, 0) is 81.2 Å². The van der Waals surface area contributed by atoms with Gasteiger partial charge in [-0.25, -0.2) is 4.98 Å². The Morgan fingerprint density at radius 1 is 0.447 bits per heavy atom. The first-order chi connectivity index (χ1) is 23.3.